The summed E-state index contributed by atoms with van der Waals surface area (Å²) in [6, 6.07) is 6.76. The summed E-state index contributed by atoms with van der Waals surface area (Å²) in [5.74, 6) is 0.0613. The van der Waals surface area contributed by atoms with Crippen LogP contribution in [0, 0.1) is 0 Å². The number of rotatable bonds is 7. The number of nitrogens with one attached hydrogen (secondary N) is 2. The van der Waals surface area contributed by atoms with Crippen LogP contribution in [0.5, 0.6) is 5.75 Å². The van der Waals surface area contributed by atoms with Gasteiger partial charge in [0.1, 0.15) is 5.75 Å². The summed E-state index contributed by atoms with van der Waals surface area (Å²) in [6.45, 7) is 2.35. The lowest BCUT2D eigenvalue weighted by Gasteiger charge is -2.07. The topological polar surface area (TPSA) is 84.7 Å². The van der Waals surface area contributed by atoms with Crippen LogP contribution in [0.4, 0.5) is 5.69 Å². The second kappa shape index (κ2) is 8.70. The van der Waals surface area contributed by atoms with E-state index in [4.69, 9.17) is 16.3 Å². The molecule has 27 heavy (non-hydrogen) atoms. The van der Waals surface area contributed by atoms with Crippen LogP contribution in [-0.2, 0) is 9.59 Å². The standard InChI is InChI=1S/C18H17ClN4O3S/c1-2-20-16(25)11-26-13-5-3-12(4-6-13)21-15(24)8-7-14-17(19)22-18-23(14)9-10-27-18/h3-10H,2,11H2,1H3,(H,20,25)(H,21,24)/b8-7+. The zero-order valence-electron chi connectivity index (χ0n) is 14.4. The van der Waals surface area contributed by atoms with Gasteiger partial charge in [-0.1, -0.05) is 11.6 Å². The van der Waals surface area contributed by atoms with Crippen molar-refractivity contribution < 1.29 is 14.3 Å². The van der Waals surface area contributed by atoms with E-state index in [0.717, 1.165) is 4.96 Å². The highest BCUT2D eigenvalue weighted by molar-refractivity contribution is 7.15. The van der Waals surface area contributed by atoms with E-state index < -0.39 is 0 Å². The van der Waals surface area contributed by atoms with E-state index in [1.165, 1.54) is 17.4 Å². The third-order valence-corrected chi connectivity index (χ3v) is 4.55. The van der Waals surface area contributed by atoms with Gasteiger partial charge in [-0.2, -0.15) is 0 Å². The Morgan fingerprint density at radius 3 is 2.85 bits per heavy atom. The second-order valence-corrected chi connectivity index (χ2v) is 6.66. The van der Waals surface area contributed by atoms with Crippen molar-refractivity contribution in [1.82, 2.24) is 14.7 Å². The number of anilines is 1. The van der Waals surface area contributed by atoms with Gasteiger partial charge < -0.3 is 15.4 Å². The Kier molecular flexibility index (Phi) is 6.10. The molecule has 0 aliphatic carbocycles. The van der Waals surface area contributed by atoms with Crippen molar-refractivity contribution in [2.24, 2.45) is 0 Å². The Balaban J connectivity index is 1.57. The summed E-state index contributed by atoms with van der Waals surface area (Å²) in [7, 11) is 0. The number of imidazole rings is 1. The van der Waals surface area contributed by atoms with E-state index in [0.29, 0.717) is 28.8 Å². The Labute approximate surface area is 164 Å². The predicted octanol–water partition coefficient (Wildman–Crippen LogP) is 3.22. The molecule has 0 atom stereocenters. The largest absolute Gasteiger partial charge is 0.484 e. The van der Waals surface area contributed by atoms with Crippen LogP contribution in [0.25, 0.3) is 11.0 Å². The molecular weight excluding hydrogens is 388 g/mol. The molecule has 9 heteroatoms. The van der Waals surface area contributed by atoms with E-state index in [-0.39, 0.29) is 18.4 Å². The molecule has 2 heterocycles. The molecule has 0 aliphatic rings. The first kappa shape index (κ1) is 18.9. The first-order valence-electron chi connectivity index (χ1n) is 8.16. The van der Waals surface area contributed by atoms with E-state index in [2.05, 4.69) is 15.6 Å². The van der Waals surface area contributed by atoms with Gasteiger partial charge in [0, 0.05) is 29.9 Å². The molecule has 0 fully saturated rings. The number of hydrogen-bond donors (Lipinski definition) is 2. The summed E-state index contributed by atoms with van der Waals surface area (Å²) in [5, 5.41) is 7.64. The van der Waals surface area contributed by atoms with Crippen LogP contribution in [0.15, 0.2) is 41.9 Å². The molecule has 0 bridgehead atoms. The average Bonchev–Trinajstić information content (AvgIpc) is 3.20. The van der Waals surface area contributed by atoms with Gasteiger partial charge >= 0.3 is 0 Å². The molecule has 0 spiro atoms. The van der Waals surface area contributed by atoms with Crippen LogP contribution in [0.1, 0.15) is 12.6 Å². The quantitative estimate of drug-likeness (QED) is 0.592. The molecule has 2 amide bonds. The van der Waals surface area contributed by atoms with Gasteiger partial charge in [-0.05, 0) is 37.3 Å². The maximum Gasteiger partial charge on any atom is 0.257 e. The van der Waals surface area contributed by atoms with Gasteiger partial charge in [-0.3, -0.25) is 14.0 Å². The summed E-state index contributed by atoms with van der Waals surface area (Å²) in [5.41, 5.74) is 1.26. The van der Waals surface area contributed by atoms with E-state index in [1.807, 2.05) is 22.9 Å². The Morgan fingerprint density at radius 2 is 2.11 bits per heavy atom. The van der Waals surface area contributed by atoms with Crippen molar-refractivity contribution in [3.05, 3.63) is 52.8 Å². The zero-order valence-corrected chi connectivity index (χ0v) is 16.0. The highest BCUT2D eigenvalue weighted by Crippen LogP contribution is 2.22. The third-order valence-electron chi connectivity index (χ3n) is 3.51. The van der Waals surface area contributed by atoms with Gasteiger partial charge in [0.05, 0.1) is 5.69 Å². The minimum Gasteiger partial charge on any atom is -0.484 e. The van der Waals surface area contributed by atoms with Crippen molar-refractivity contribution in [2.45, 2.75) is 6.92 Å². The molecule has 7 nitrogen and oxygen atoms in total. The molecule has 3 rings (SSSR count). The van der Waals surface area contributed by atoms with E-state index >= 15 is 0 Å². The van der Waals surface area contributed by atoms with Gasteiger partial charge in [0.15, 0.2) is 16.7 Å². The second-order valence-electron chi connectivity index (χ2n) is 5.43. The molecule has 140 valence electrons. The zero-order chi connectivity index (χ0) is 19.2. The van der Waals surface area contributed by atoms with Gasteiger partial charge in [0.2, 0.25) is 5.91 Å². The lowest BCUT2D eigenvalue weighted by molar-refractivity contribution is -0.123. The lowest BCUT2D eigenvalue weighted by atomic mass is 10.3. The lowest BCUT2D eigenvalue weighted by Crippen LogP contribution is -2.28. The van der Waals surface area contributed by atoms with Crippen molar-refractivity contribution in [3.8, 4) is 5.75 Å². The molecule has 0 radical (unpaired) electrons. The minimum atomic E-state index is -0.299. The maximum atomic E-state index is 12.1. The van der Waals surface area contributed by atoms with Crippen molar-refractivity contribution in [2.75, 3.05) is 18.5 Å². The SMILES string of the molecule is CCNC(=O)COc1ccc(NC(=O)/C=C/c2c(Cl)nc3sccn23)cc1. The number of aromatic nitrogens is 2. The number of thiazole rings is 1. The number of benzene rings is 1. The van der Waals surface area contributed by atoms with E-state index in [9.17, 15) is 9.59 Å². The fourth-order valence-electron chi connectivity index (χ4n) is 2.30. The number of nitrogens with zero attached hydrogens (tertiary/aromatic N) is 2. The fourth-order valence-corrected chi connectivity index (χ4v) is 3.30. The highest BCUT2D eigenvalue weighted by atomic mass is 35.5. The number of likely N-dealkylation sites (N-methyl/N-ethyl adjacent to an activating group) is 1. The number of amides is 2. The molecule has 0 aliphatic heterocycles. The molecular formula is C18H17ClN4O3S. The predicted molar refractivity (Wildman–Crippen MR) is 106 cm³/mol. The number of ether oxygens (including phenoxy) is 1. The molecule has 0 saturated carbocycles. The van der Waals surface area contributed by atoms with Gasteiger partial charge in [-0.15, -0.1) is 11.3 Å². The summed E-state index contributed by atoms with van der Waals surface area (Å²) in [4.78, 5) is 28.5. The number of carbonyl (C=O) groups is 2. The smallest absolute Gasteiger partial charge is 0.257 e. The van der Waals surface area contributed by atoms with Gasteiger partial charge in [0.25, 0.3) is 5.91 Å². The van der Waals surface area contributed by atoms with Crippen LogP contribution in [0.2, 0.25) is 5.15 Å². The molecule has 2 N–H and O–H groups in total. The monoisotopic (exact) mass is 404 g/mol. The normalized spacial score (nSPS) is 11.0. The third kappa shape index (κ3) is 4.87. The molecule has 0 saturated heterocycles. The van der Waals surface area contributed by atoms with Crippen LogP contribution in [-0.4, -0.2) is 34.4 Å². The van der Waals surface area contributed by atoms with Crippen LogP contribution < -0.4 is 15.4 Å². The molecule has 2 aromatic heterocycles. The van der Waals surface area contributed by atoms with E-state index in [1.54, 1.807) is 30.3 Å². The summed E-state index contributed by atoms with van der Waals surface area (Å²) in [6.07, 6.45) is 4.86. The summed E-state index contributed by atoms with van der Waals surface area (Å²) >= 11 is 7.56. The summed E-state index contributed by atoms with van der Waals surface area (Å²) < 4.78 is 7.18. The number of fused-ring (bicyclic) bond motifs is 1. The first-order chi connectivity index (χ1) is 13.1. The Hall–Kier alpha value is -2.84. The van der Waals surface area contributed by atoms with Crippen molar-refractivity contribution >= 4 is 51.5 Å². The number of hydrogen-bond acceptors (Lipinski definition) is 5. The average molecular weight is 405 g/mol. The maximum absolute atomic E-state index is 12.1. The van der Waals surface area contributed by atoms with Gasteiger partial charge in [-0.25, -0.2) is 4.98 Å². The molecule has 1 aromatic carbocycles. The van der Waals surface area contributed by atoms with Crippen LogP contribution >= 0.6 is 22.9 Å². The van der Waals surface area contributed by atoms with Crippen molar-refractivity contribution in [1.29, 1.82) is 0 Å². The van der Waals surface area contributed by atoms with Crippen molar-refractivity contribution in [3.63, 3.8) is 0 Å². The highest BCUT2D eigenvalue weighted by Gasteiger charge is 2.09. The Bertz CT molecular complexity index is 978. The Morgan fingerprint density at radius 1 is 1.33 bits per heavy atom. The van der Waals surface area contributed by atoms with Crippen LogP contribution in [0.3, 0.4) is 0 Å². The first-order valence-corrected chi connectivity index (χ1v) is 9.42. The number of halogens is 1. The molecule has 3 aromatic rings. The molecule has 0 unspecified atom stereocenters. The number of carbonyl (C=O) groups excluding carboxylic acids is 2. The fraction of sp³-hybridized carbons (Fsp3) is 0.167. The minimum absolute atomic E-state index is 0.0502.